The molecule has 0 aliphatic heterocycles. The third-order valence-electron chi connectivity index (χ3n) is 3.72. The number of benzene rings is 2. The van der Waals surface area contributed by atoms with Gasteiger partial charge in [-0.3, -0.25) is 0 Å². The lowest BCUT2D eigenvalue weighted by molar-refractivity contribution is 0.0553. The Labute approximate surface area is 136 Å². The van der Waals surface area contributed by atoms with Crippen molar-refractivity contribution in [2.45, 2.75) is 39.4 Å². The summed E-state index contributed by atoms with van der Waals surface area (Å²) < 4.78 is 20.0. The molecule has 2 rings (SSSR count). The first-order chi connectivity index (χ1) is 10.8. The van der Waals surface area contributed by atoms with Crippen LogP contribution in [0.5, 0.6) is 5.75 Å². The maximum atomic E-state index is 14.4. The van der Waals surface area contributed by atoms with Crippen molar-refractivity contribution in [3.63, 3.8) is 0 Å². The second-order valence-electron chi connectivity index (χ2n) is 6.32. The summed E-state index contributed by atoms with van der Waals surface area (Å²) in [6.07, 6.45) is 0.529. The highest BCUT2D eigenvalue weighted by atomic mass is 19.1. The average molecular weight is 318 g/mol. The highest BCUT2D eigenvalue weighted by Gasteiger charge is 2.14. The summed E-state index contributed by atoms with van der Waals surface area (Å²) in [5.74, 6) is 0.294. The summed E-state index contributed by atoms with van der Waals surface area (Å²) in [6.45, 7) is 5.46. The van der Waals surface area contributed by atoms with Crippen molar-refractivity contribution < 1.29 is 19.3 Å². The van der Waals surface area contributed by atoms with Crippen LogP contribution in [-0.4, -0.2) is 22.4 Å². The Morgan fingerprint density at radius 1 is 1.13 bits per heavy atom. The minimum Gasteiger partial charge on any atom is -0.493 e. The van der Waals surface area contributed by atoms with Crippen LogP contribution in [-0.2, 0) is 6.61 Å². The fourth-order valence-corrected chi connectivity index (χ4v) is 2.36. The molecule has 3 nitrogen and oxygen atoms in total. The van der Waals surface area contributed by atoms with Gasteiger partial charge in [0.1, 0.15) is 11.6 Å². The molecular formula is C19H23FO3. The van der Waals surface area contributed by atoms with Crippen LogP contribution in [0, 0.1) is 12.7 Å². The van der Waals surface area contributed by atoms with Crippen LogP contribution in [0.15, 0.2) is 36.4 Å². The molecule has 0 bridgehead atoms. The SMILES string of the molecule is Cc1cc(OCCC(C)(C)O)ccc1-c1cccc(CO)c1F. The first-order valence-electron chi connectivity index (χ1n) is 7.66. The molecule has 23 heavy (non-hydrogen) atoms. The zero-order valence-corrected chi connectivity index (χ0v) is 13.8. The highest BCUT2D eigenvalue weighted by molar-refractivity contribution is 5.69. The first kappa shape index (κ1) is 17.4. The Kier molecular flexibility index (Phi) is 5.39. The van der Waals surface area contributed by atoms with E-state index in [4.69, 9.17) is 4.74 Å². The van der Waals surface area contributed by atoms with Gasteiger partial charge in [-0.2, -0.15) is 0 Å². The van der Waals surface area contributed by atoms with Gasteiger partial charge in [-0.15, -0.1) is 0 Å². The van der Waals surface area contributed by atoms with E-state index in [2.05, 4.69) is 0 Å². The smallest absolute Gasteiger partial charge is 0.136 e. The van der Waals surface area contributed by atoms with Gasteiger partial charge < -0.3 is 14.9 Å². The van der Waals surface area contributed by atoms with Gasteiger partial charge in [0.05, 0.1) is 18.8 Å². The molecule has 0 amide bonds. The van der Waals surface area contributed by atoms with E-state index in [1.54, 1.807) is 38.1 Å². The van der Waals surface area contributed by atoms with Gasteiger partial charge in [0, 0.05) is 17.5 Å². The van der Waals surface area contributed by atoms with Gasteiger partial charge in [-0.1, -0.05) is 24.3 Å². The van der Waals surface area contributed by atoms with Crippen LogP contribution in [0.4, 0.5) is 4.39 Å². The van der Waals surface area contributed by atoms with Crippen molar-refractivity contribution in [1.29, 1.82) is 0 Å². The van der Waals surface area contributed by atoms with E-state index < -0.39 is 11.4 Å². The molecule has 0 spiro atoms. The molecule has 0 heterocycles. The van der Waals surface area contributed by atoms with E-state index >= 15 is 0 Å². The van der Waals surface area contributed by atoms with Crippen LogP contribution in [0.3, 0.4) is 0 Å². The van der Waals surface area contributed by atoms with Gasteiger partial charge in [0.2, 0.25) is 0 Å². The molecular weight excluding hydrogens is 295 g/mol. The molecule has 4 heteroatoms. The second kappa shape index (κ2) is 7.11. The van der Waals surface area contributed by atoms with E-state index in [1.165, 1.54) is 0 Å². The molecule has 0 unspecified atom stereocenters. The van der Waals surface area contributed by atoms with Crippen molar-refractivity contribution >= 4 is 0 Å². The number of rotatable bonds is 6. The molecule has 0 aromatic heterocycles. The number of aryl methyl sites for hydroxylation is 1. The van der Waals surface area contributed by atoms with Crippen molar-refractivity contribution in [3.8, 4) is 16.9 Å². The Bertz CT molecular complexity index is 675. The third-order valence-corrected chi connectivity index (χ3v) is 3.72. The topological polar surface area (TPSA) is 49.7 Å². The van der Waals surface area contributed by atoms with Crippen molar-refractivity contribution in [2.75, 3.05) is 6.61 Å². The lowest BCUT2D eigenvalue weighted by atomic mass is 9.98. The van der Waals surface area contributed by atoms with E-state index in [0.29, 0.717) is 24.3 Å². The maximum Gasteiger partial charge on any atom is 0.136 e. The summed E-state index contributed by atoms with van der Waals surface area (Å²) in [7, 11) is 0. The largest absolute Gasteiger partial charge is 0.493 e. The summed E-state index contributed by atoms with van der Waals surface area (Å²) in [4.78, 5) is 0. The molecule has 0 atom stereocenters. The van der Waals surface area contributed by atoms with E-state index in [0.717, 1.165) is 11.1 Å². The normalized spacial score (nSPS) is 11.6. The monoisotopic (exact) mass is 318 g/mol. The zero-order valence-electron chi connectivity index (χ0n) is 13.8. The minimum atomic E-state index is -0.761. The molecule has 124 valence electrons. The maximum absolute atomic E-state index is 14.4. The van der Waals surface area contributed by atoms with Gasteiger partial charge >= 0.3 is 0 Å². The molecule has 2 N–H and O–H groups in total. The Balaban J connectivity index is 2.20. The zero-order chi connectivity index (χ0) is 17.0. The minimum absolute atomic E-state index is 0.285. The fourth-order valence-electron chi connectivity index (χ4n) is 2.36. The number of halogens is 1. The summed E-state index contributed by atoms with van der Waals surface area (Å²) in [5.41, 5.74) is 1.65. The van der Waals surface area contributed by atoms with Crippen LogP contribution in [0.2, 0.25) is 0 Å². The van der Waals surface area contributed by atoms with Gasteiger partial charge in [0.15, 0.2) is 0 Å². The highest BCUT2D eigenvalue weighted by Crippen LogP contribution is 2.30. The fraction of sp³-hybridized carbons (Fsp3) is 0.368. The van der Waals surface area contributed by atoms with Crippen LogP contribution in [0.25, 0.3) is 11.1 Å². The summed E-state index contributed by atoms with van der Waals surface area (Å²) in [6, 6.07) is 10.5. The van der Waals surface area contributed by atoms with Gasteiger partial charge in [-0.25, -0.2) is 4.39 Å². The van der Waals surface area contributed by atoms with Crippen molar-refractivity contribution in [2.24, 2.45) is 0 Å². The first-order valence-corrected chi connectivity index (χ1v) is 7.66. The average Bonchev–Trinajstić information content (AvgIpc) is 2.47. The summed E-state index contributed by atoms with van der Waals surface area (Å²) in [5, 5.41) is 18.9. The van der Waals surface area contributed by atoms with Crippen LogP contribution >= 0.6 is 0 Å². The standard InChI is InChI=1S/C19H23FO3/c1-13-11-15(23-10-9-19(2,3)22)7-8-16(13)17-6-4-5-14(12-21)18(17)20/h4-8,11,21-22H,9-10,12H2,1-3H3. The lowest BCUT2D eigenvalue weighted by Crippen LogP contribution is -2.21. The van der Waals surface area contributed by atoms with E-state index in [-0.39, 0.29) is 12.2 Å². The van der Waals surface area contributed by atoms with Crippen LogP contribution < -0.4 is 4.74 Å². The number of aliphatic hydroxyl groups is 2. The Morgan fingerprint density at radius 3 is 2.48 bits per heavy atom. The predicted octanol–water partition coefficient (Wildman–Crippen LogP) is 3.83. The Hall–Kier alpha value is -1.91. The Morgan fingerprint density at radius 2 is 1.87 bits per heavy atom. The number of hydrogen-bond donors (Lipinski definition) is 2. The predicted molar refractivity (Wildman–Crippen MR) is 88.9 cm³/mol. The van der Waals surface area contributed by atoms with E-state index in [1.807, 2.05) is 19.1 Å². The number of hydrogen-bond acceptors (Lipinski definition) is 3. The summed E-state index contributed by atoms with van der Waals surface area (Å²) >= 11 is 0. The molecule has 0 aliphatic carbocycles. The number of ether oxygens (including phenoxy) is 1. The lowest BCUT2D eigenvalue weighted by Gasteiger charge is -2.17. The van der Waals surface area contributed by atoms with Crippen LogP contribution in [0.1, 0.15) is 31.4 Å². The second-order valence-corrected chi connectivity index (χ2v) is 6.32. The molecule has 0 fully saturated rings. The molecule has 0 aliphatic rings. The van der Waals surface area contributed by atoms with Crippen molar-refractivity contribution in [1.82, 2.24) is 0 Å². The van der Waals surface area contributed by atoms with E-state index in [9.17, 15) is 14.6 Å². The number of aliphatic hydroxyl groups excluding tert-OH is 1. The molecule has 0 saturated heterocycles. The third kappa shape index (κ3) is 4.53. The van der Waals surface area contributed by atoms with Gasteiger partial charge in [0.25, 0.3) is 0 Å². The quantitative estimate of drug-likeness (QED) is 0.851. The molecule has 0 saturated carbocycles. The molecule has 2 aromatic rings. The van der Waals surface area contributed by atoms with Gasteiger partial charge in [-0.05, 0) is 44.0 Å². The molecule has 2 aromatic carbocycles. The molecule has 0 radical (unpaired) electrons. The van der Waals surface area contributed by atoms with Crippen molar-refractivity contribution in [3.05, 3.63) is 53.3 Å².